The fourth-order valence-corrected chi connectivity index (χ4v) is 2.98. The van der Waals surface area contributed by atoms with Crippen LogP contribution in [-0.4, -0.2) is 18.6 Å². The Hall–Kier alpha value is -1.64. The van der Waals surface area contributed by atoms with Crippen molar-refractivity contribution in [3.63, 3.8) is 0 Å². The minimum Gasteiger partial charge on any atom is -0.398 e. The highest BCUT2D eigenvalue weighted by molar-refractivity contribution is 7.89. The molecule has 1 aromatic heterocycles. The maximum Gasteiger partial charge on any atom is 0.242 e. The zero-order valence-electron chi connectivity index (χ0n) is 9.92. The van der Waals surface area contributed by atoms with Crippen LogP contribution in [0.25, 0.3) is 0 Å². The lowest BCUT2D eigenvalue weighted by molar-refractivity contribution is 0.409. The number of rotatable bonds is 4. The van der Waals surface area contributed by atoms with Crippen LogP contribution in [0.1, 0.15) is 11.4 Å². The normalized spacial score (nSPS) is 11.7. The second kappa shape index (κ2) is 5.16. The van der Waals surface area contributed by atoms with Gasteiger partial charge in [0.2, 0.25) is 16.4 Å². The van der Waals surface area contributed by atoms with Crippen LogP contribution in [0, 0.1) is 6.92 Å². The molecule has 1 heterocycles. The number of hydrogen-bond acceptors (Lipinski definition) is 6. The summed E-state index contributed by atoms with van der Waals surface area (Å²) in [5.41, 5.74) is 6.75. The molecule has 0 unspecified atom stereocenters. The van der Waals surface area contributed by atoms with E-state index in [1.165, 1.54) is 12.1 Å². The highest BCUT2D eigenvalue weighted by Gasteiger charge is 2.19. The van der Waals surface area contributed by atoms with Gasteiger partial charge in [-0.1, -0.05) is 16.8 Å². The molecule has 9 heteroatoms. The number of aromatic nitrogens is 2. The van der Waals surface area contributed by atoms with Gasteiger partial charge < -0.3 is 10.3 Å². The molecule has 0 saturated heterocycles. The van der Waals surface area contributed by atoms with Crippen LogP contribution in [0.2, 0.25) is 5.02 Å². The van der Waals surface area contributed by atoms with E-state index in [-0.39, 0.29) is 22.3 Å². The smallest absolute Gasteiger partial charge is 0.242 e. The first kappa shape index (κ1) is 13.8. The van der Waals surface area contributed by atoms with Gasteiger partial charge in [0.1, 0.15) is 4.90 Å². The number of halogens is 1. The summed E-state index contributed by atoms with van der Waals surface area (Å²) in [7, 11) is -3.79. The summed E-state index contributed by atoms with van der Waals surface area (Å²) in [4.78, 5) is 3.62. The highest BCUT2D eigenvalue weighted by Crippen LogP contribution is 2.26. The molecule has 0 radical (unpaired) electrons. The second-order valence-electron chi connectivity index (χ2n) is 3.81. The number of nitrogens with one attached hydrogen (secondary N) is 1. The van der Waals surface area contributed by atoms with Gasteiger partial charge in [-0.05, 0) is 24.6 Å². The Labute approximate surface area is 114 Å². The maximum atomic E-state index is 12.1. The zero-order chi connectivity index (χ0) is 14.0. The van der Waals surface area contributed by atoms with Crippen molar-refractivity contribution in [1.29, 1.82) is 0 Å². The van der Waals surface area contributed by atoms with Crippen LogP contribution >= 0.6 is 11.6 Å². The first-order valence-electron chi connectivity index (χ1n) is 5.20. The number of nitrogens with zero attached hydrogens (tertiary/aromatic N) is 2. The van der Waals surface area contributed by atoms with Gasteiger partial charge in [-0.15, -0.1) is 0 Å². The largest absolute Gasteiger partial charge is 0.398 e. The van der Waals surface area contributed by atoms with Gasteiger partial charge in [-0.2, -0.15) is 4.98 Å². The molecule has 0 bridgehead atoms. The summed E-state index contributed by atoms with van der Waals surface area (Å²) in [6.07, 6.45) is 1.11. The van der Waals surface area contributed by atoms with Crippen molar-refractivity contribution in [3.05, 3.63) is 34.9 Å². The molecule has 0 aliphatic rings. The van der Waals surface area contributed by atoms with E-state index in [1.807, 2.05) is 0 Å². The Morgan fingerprint density at radius 3 is 2.84 bits per heavy atom. The first-order chi connectivity index (χ1) is 8.90. The molecule has 0 spiro atoms. The van der Waals surface area contributed by atoms with Crippen molar-refractivity contribution in [1.82, 2.24) is 14.9 Å². The van der Waals surface area contributed by atoms with Crippen LogP contribution < -0.4 is 10.5 Å². The van der Waals surface area contributed by atoms with Crippen LogP contribution in [0.5, 0.6) is 0 Å². The number of benzene rings is 1. The third-order valence-corrected chi connectivity index (χ3v) is 4.30. The minimum atomic E-state index is -3.79. The second-order valence-corrected chi connectivity index (χ2v) is 5.95. The quantitative estimate of drug-likeness (QED) is 0.818. The van der Waals surface area contributed by atoms with Crippen molar-refractivity contribution in [2.24, 2.45) is 0 Å². The fourth-order valence-electron chi connectivity index (χ4n) is 1.38. The van der Waals surface area contributed by atoms with E-state index in [0.717, 1.165) is 6.39 Å². The van der Waals surface area contributed by atoms with E-state index < -0.39 is 10.0 Å². The molecular weight excluding hydrogens is 292 g/mol. The Morgan fingerprint density at radius 1 is 1.47 bits per heavy atom. The predicted octanol–water partition coefficient (Wildman–Crippen LogP) is 1.09. The van der Waals surface area contributed by atoms with E-state index in [0.29, 0.717) is 11.3 Å². The fraction of sp³-hybridized carbons (Fsp3) is 0.200. The Balaban J connectivity index is 2.27. The van der Waals surface area contributed by atoms with Gasteiger partial charge >= 0.3 is 0 Å². The van der Waals surface area contributed by atoms with Crippen molar-refractivity contribution in [3.8, 4) is 0 Å². The predicted molar refractivity (Wildman–Crippen MR) is 68.9 cm³/mol. The van der Waals surface area contributed by atoms with E-state index in [1.54, 1.807) is 6.92 Å². The molecule has 0 amide bonds. The number of nitrogen functional groups attached to an aromatic ring is 1. The third kappa shape index (κ3) is 3.03. The minimum absolute atomic E-state index is 0.0826. The van der Waals surface area contributed by atoms with Gasteiger partial charge in [0.05, 0.1) is 11.6 Å². The monoisotopic (exact) mass is 302 g/mol. The average Bonchev–Trinajstić information content (AvgIpc) is 2.84. The van der Waals surface area contributed by atoms with E-state index in [2.05, 4.69) is 19.4 Å². The number of hydrogen-bond donors (Lipinski definition) is 2. The number of anilines is 1. The zero-order valence-corrected chi connectivity index (χ0v) is 11.5. The molecule has 19 heavy (non-hydrogen) atoms. The van der Waals surface area contributed by atoms with Crippen molar-refractivity contribution in [2.45, 2.75) is 18.4 Å². The van der Waals surface area contributed by atoms with E-state index in [9.17, 15) is 8.42 Å². The molecule has 0 aliphatic heterocycles. The maximum absolute atomic E-state index is 12.1. The Bertz CT molecular complexity index is 685. The summed E-state index contributed by atoms with van der Waals surface area (Å²) in [5, 5.41) is 3.60. The molecule has 0 aliphatic carbocycles. The van der Waals surface area contributed by atoms with E-state index in [4.69, 9.17) is 17.3 Å². The third-order valence-electron chi connectivity index (χ3n) is 2.44. The molecule has 2 aromatic rings. The summed E-state index contributed by atoms with van der Waals surface area (Å²) in [5.74, 6) is 0.222. The van der Waals surface area contributed by atoms with Crippen LogP contribution in [0.15, 0.2) is 27.9 Å². The molecule has 0 saturated carbocycles. The summed E-state index contributed by atoms with van der Waals surface area (Å²) in [6, 6.07) is 2.82. The molecule has 0 fully saturated rings. The van der Waals surface area contributed by atoms with Gasteiger partial charge in [0.25, 0.3) is 0 Å². The summed E-state index contributed by atoms with van der Waals surface area (Å²) < 4.78 is 31.0. The molecule has 0 atom stereocenters. The number of sulfonamides is 1. The van der Waals surface area contributed by atoms with Gasteiger partial charge in [0.15, 0.2) is 5.82 Å². The van der Waals surface area contributed by atoms with Gasteiger partial charge in [0, 0.05) is 5.69 Å². The summed E-state index contributed by atoms with van der Waals surface area (Å²) in [6.45, 7) is 1.65. The van der Waals surface area contributed by atoms with Crippen LogP contribution in [0.3, 0.4) is 0 Å². The molecule has 7 nitrogen and oxygen atoms in total. The van der Waals surface area contributed by atoms with Gasteiger partial charge in [-0.3, -0.25) is 0 Å². The molecule has 2 rings (SSSR count). The standard InChI is InChI=1S/C10H11ClN4O3S/c1-6-2-7(11)9(3-8(6)12)19(16,17)14-4-10-13-5-18-15-10/h2-3,5,14H,4,12H2,1H3. The molecule has 1 aromatic carbocycles. The molecule has 102 valence electrons. The van der Waals surface area contributed by atoms with E-state index >= 15 is 0 Å². The Kier molecular flexibility index (Phi) is 3.74. The lowest BCUT2D eigenvalue weighted by atomic mass is 10.2. The average molecular weight is 303 g/mol. The SMILES string of the molecule is Cc1cc(Cl)c(S(=O)(=O)NCc2ncon2)cc1N. The topological polar surface area (TPSA) is 111 Å². The Morgan fingerprint density at radius 2 is 2.21 bits per heavy atom. The van der Waals surface area contributed by atoms with Crippen LogP contribution in [-0.2, 0) is 16.6 Å². The van der Waals surface area contributed by atoms with Crippen molar-refractivity contribution >= 4 is 27.3 Å². The van der Waals surface area contributed by atoms with Crippen molar-refractivity contribution in [2.75, 3.05) is 5.73 Å². The molecular formula is C10H11ClN4O3S. The lowest BCUT2D eigenvalue weighted by Gasteiger charge is -2.09. The first-order valence-corrected chi connectivity index (χ1v) is 7.07. The van der Waals surface area contributed by atoms with Gasteiger partial charge in [-0.25, -0.2) is 13.1 Å². The number of aryl methyl sites for hydroxylation is 1. The number of nitrogens with two attached hydrogens (primary N) is 1. The lowest BCUT2D eigenvalue weighted by Crippen LogP contribution is -2.24. The van der Waals surface area contributed by atoms with Crippen molar-refractivity contribution < 1.29 is 12.9 Å². The highest BCUT2D eigenvalue weighted by atomic mass is 35.5. The van der Waals surface area contributed by atoms with Crippen LogP contribution in [0.4, 0.5) is 5.69 Å². The molecule has 3 N–H and O–H groups in total. The summed E-state index contributed by atoms with van der Waals surface area (Å²) >= 11 is 5.92.